The highest BCUT2D eigenvalue weighted by Gasteiger charge is 2.25. The normalized spacial score (nSPS) is 18.1. The molecule has 0 aromatic carbocycles. The van der Waals surface area contributed by atoms with E-state index in [1.54, 1.807) is 0 Å². The Labute approximate surface area is 92.3 Å². The van der Waals surface area contributed by atoms with Gasteiger partial charge >= 0.3 is 0 Å². The van der Waals surface area contributed by atoms with E-state index in [0.717, 1.165) is 0 Å². The Balaban J connectivity index is 2.49. The van der Waals surface area contributed by atoms with Gasteiger partial charge in [-0.3, -0.25) is 4.79 Å². The summed E-state index contributed by atoms with van der Waals surface area (Å²) in [6, 6.07) is 0. The molecule has 88 valence electrons. The number of sulfone groups is 1. The summed E-state index contributed by atoms with van der Waals surface area (Å²) in [4.78, 5) is 18.2. The number of H-pyrrole nitrogens is 1. The van der Waals surface area contributed by atoms with Crippen LogP contribution in [0.25, 0.3) is 0 Å². The SMILES string of the molecule is O=c1[nH]c(CCO)nc2c1CCS(=O)(=O)C2. The minimum absolute atomic E-state index is 0.00407. The van der Waals surface area contributed by atoms with Crippen molar-refractivity contribution in [2.24, 2.45) is 0 Å². The fourth-order valence-electron chi connectivity index (χ4n) is 1.74. The number of aromatic amines is 1. The molecule has 0 aliphatic carbocycles. The molecule has 0 radical (unpaired) electrons. The zero-order valence-electron chi connectivity index (χ0n) is 8.56. The Kier molecular flexibility index (Phi) is 2.81. The summed E-state index contributed by atoms with van der Waals surface area (Å²) in [7, 11) is -3.12. The summed E-state index contributed by atoms with van der Waals surface area (Å²) in [6.45, 7) is -0.130. The van der Waals surface area contributed by atoms with E-state index in [0.29, 0.717) is 17.1 Å². The van der Waals surface area contributed by atoms with Crippen LogP contribution in [0.2, 0.25) is 0 Å². The summed E-state index contributed by atoms with van der Waals surface area (Å²) in [5, 5.41) is 8.74. The maximum absolute atomic E-state index is 11.6. The Hall–Kier alpha value is -1.21. The molecule has 6 nitrogen and oxygen atoms in total. The molecule has 2 N–H and O–H groups in total. The molecule has 0 saturated carbocycles. The number of nitrogens with one attached hydrogen (secondary N) is 1. The third kappa shape index (κ3) is 2.14. The van der Waals surface area contributed by atoms with E-state index in [1.807, 2.05) is 0 Å². The van der Waals surface area contributed by atoms with Crippen molar-refractivity contribution in [1.82, 2.24) is 9.97 Å². The molecule has 0 fully saturated rings. The molecule has 2 rings (SSSR count). The second-order valence-corrected chi connectivity index (χ2v) is 5.94. The molecule has 7 heteroatoms. The van der Waals surface area contributed by atoms with Crippen LogP contribution < -0.4 is 5.56 Å². The molecular weight excluding hydrogens is 232 g/mol. The van der Waals surface area contributed by atoms with Gasteiger partial charge in [-0.2, -0.15) is 0 Å². The van der Waals surface area contributed by atoms with Gasteiger partial charge in [-0.05, 0) is 6.42 Å². The van der Waals surface area contributed by atoms with E-state index in [4.69, 9.17) is 5.11 Å². The van der Waals surface area contributed by atoms with Gasteiger partial charge in [0, 0.05) is 12.0 Å². The topological polar surface area (TPSA) is 100 Å². The van der Waals surface area contributed by atoms with Gasteiger partial charge in [0.15, 0.2) is 9.84 Å². The molecule has 0 unspecified atom stereocenters. The lowest BCUT2D eigenvalue weighted by Gasteiger charge is -2.14. The van der Waals surface area contributed by atoms with Crippen LogP contribution in [0.1, 0.15) is 17.1 Å². The molecule has 2 heterocycles. The average Bonchev–Trinajstić information content (AvgIpc) is 2.15. The van der Waals surface area contributed by atoms with Crippen LogP contribution in [0.15, 0.2) is 4.79 Å². The van der Waals surface area contributed by atoms with Gasteiger partial charge in [-0.1, -0.05) is 0 Å². The van der Waals surface area contributed by atoms with Crippen molar-refractivity contribution in [2.45, 2.75) is 18.6 Å². The van der Waals surface area contributed by atoms with Crippen LogP contribution in [0.3, 0.4) is 0 Å². The maximum Gasteiger partial charge on any atom is 0.254 e. The molecular formula is C9H12N2O4S. The van der Waals surface area contributed by atoms with E-state index >= 15 is 0 Å². The fraction of sp³-hybridized carbons (Fsp3) is 0.556. The van der Waals surface area contributed by atoms with E-state index in [1.165, 1.54) is 0 Å². The minimum atomic E-state index is -3.12. The predicted molar refractivity (Wildman–Crippen MR) is 56.8 cm³/mol. The quantitative estimate of drug-likeness (QED) is 0.679. The van der Waals surface area contributed by atoms with Crippen molar-refractivity contribution in [3.63, 3.8) is 0 Å². The smallest absolute Gasteiger partial charge is 0.254 e. The average molecular weight is 244 g/mol. The van der Waals surface area contributed by atoms with Crippen molar-refractivity contribution in [3.05, 3.63) is 27.4 Å². The monoisotopic (exact) mass is 244 g/mol. The molecule has 0 saturated heterocycles. The third-order valence-electron chi connectivity index (χ3n) is 2.52. The summed E-state index contributed by atoms with van der Waals surface area (Å²) < 4.78 is 22.8. The van der Waals surface area contributed by atoms with Gasteiger partial charge in [0.25, 0.3) is 5.56 Å². The Morgan fingerprint density at radius 1 is 1.44 bits per heavy atom. The molecule has 1 aliphatic heterocycles. The second-order valence-electron chi connectivity index (χ2n) is 3.75. The highest BCUT2D eigenvalue weighted by molar-refractivity contribution is 7.90. The van der Waals surface area contributed by atoms with Gasteiger partial charge in [0.05, 0.1) is 23.8 Å². The van der Waals surface area contributed by atoms with E-state index in [9.17, 15) is 13.2 Å². The van der Waals surface area contributed by atoms with Gasteiger partial charge in [0.2, 0.25) is 0 Å². The van der Waals surface area contributed by atoms with E-state index < -0.39 is 9.84 Å². The van der Waals surface area contributed by atoms with Crippen molar-refractivity contribution in [3.8, 4) is 0 Å². The van der Waals surface area contributed by atoms with Gasteiger partial charge in [0.1, 0.15) is 5.82 Å². The third-order valence-corrected chi connectivity index (χ3v) is 4.06. The second kappa shape index (κ2) is 3.99. The lowest BCUT2D eigenvalue weighted by Crippen LogP contribution is -2.29. The zero-order valence-corrected chi connectivity index (χ0v) is 9.38. The maximum atomic E-state index is 11.6. The molecule has 16 heavy (non-hydrogen) atoms. The number of aliphatic hydroxyl groups excluding tert-OH is 1. The largest absolute Gasteiger partial charge is 0.396 e. The molecule has 1 aliphatic rings. The summed E-state index contributed by atoms with van der Waals surface area (Å²) in [6.07, 6.45) is 0.446. The predicted octanol–water partition coefficient (Wildman–Crippen LogP) is -1.22. The zero-order chi connectivity index (χ0) is 11.8. The van der Waals surface area contributed by atoms with E-state index in [-0.39, 0.29) is 36.5 Å². The molecule has 0 amide bonds. The van der Waals surface area contributed by atoms with Gasteiger partial charge < -0.3 is 10.1 Å². The van der Waals surface area contributed by atoms with Gasteiger partial charge in [-0.25, -0.2) is 13.4 Å². The number of hydrogen-bond donors (Lipinski definition) is 2. The van der Waals surface area contributed by atoms with Crippen LogP contribution in [0.5, 0.6) is 0 Å². The van der Waals surface area contributed by atoms with Crippen LogP contribution in [-0.4, -0.2) is 35.9 Å². The lowest BCUT2D eigenvalue weighted by molar-refractivity contribution is 0.296. The van der Waals surface area contributed by atoms with Crippen molar-refractivity contribution < 1.29 is 13.5 Å². The fourth-order valence-corrected chi connectivity index (χ4v) is 3.05. The van der Waals surface area contributed by atoms with Crippen LogP contribution in [0.4, 0.5) is 0 Å². The Morgan fingerprint density at radius 3 is 2.88 bits per heavy atom. The van der Waals surface area contributed by atoms with Crippen molar-refractivity contribution in [2.75, 3.05) is 12.4 Å². The number of hydrogen-bond acceptors (Lipinski definition) is 5. The molecule has 1 aromatic rings. The Bertz CT molecular complexity index is 561. The minimum Gasteiger partial charge on any atom is -0.396 e. The highest BCUT2D eigenvalue weighted by atomic mass is 32.2. The van der Waals surface area contributed by atoms with E-state index in [2.05, 4.69) is 9.97 Å². The first-order valence-corrected chi connectivity index (χ1v) is 6.76. The first kappa shape index (κ1) is 11.3. The molecule has 1 aromatic heterocycles. The summed E-state index contributed by atoms with van der Waals surface area (Å²) in [5.41, 5.74) is 0.498. The number of aliphatic hydroxyl groups is 1. The number of nitrogens with zero attached hydrogens (tertiary/aromatic N) is 1. The summed E-state index contributed by atoms with van der Waals surface area (Å²) in [5.74, 6) is 0.165. The number of rotatable bonds is 2. The highest BCUT2D eigenvalue weighted by Crippen LogP contribution is 2.15. The molecule has 0 spiro atoms. The van der Waals surface area contributed by atoms with Crippen LogP contribution in [-0.2, 0) is 28.4 Å². The lowest BCUT2D eigenvalue weighted by atomic mass is 10.2. The van der Waals surface area contributed by atoms with Gasteiger partial charge in [-0.15, -0.1) is 0 Å². The molecule has 0 bridgehead atoms. The van der Waals surface area contributed by atoms with Crippen molar-refractivity contribution in [1.29, 1.82) is 0 Å². The van der Waals surface area contributed by atoms with Crippen molar-refractivity contribution >= 4 is 9.84 Å². The standard InChI is InChI=1S/C9H12N2O4S/c12-3-1-8-10-7-5-16(14,15)4-2-6(7)9(13)11-8/h12H,1-5H2,(H,10,11,13). The summed E-state index contributed by atoms with van der Waals surface area (Å²) >= 11 is 0. The number of fused-ring (bicyclic) bond motifs is 1. The number of aromatic nitrogens is 2. The first-order chi connectivity index (χ1) is 7.52. The Morgan fingerprint density at radius 2 is 2.19 bits per heavy atom. The van der Waals surface area contributed by atoms with Crippen LogP contribution in [0, 0.1) is 0 Å². The van der Waals surface area contributed by atoms with Crippen LogP contribution >= 0.6 is 0 Å². The first-order valence-electron chi connectivity index (χ1n) is 4.94. The molecule has 0 atom stereocenters.